The van der Waals surface area contributed by atoms with E-state index in [2.05, 4.69) is 11.1 Å². The molecule has 0 atom stereocenters. The van der Waals surface area contributed by atoms with Gasteiger partial charge < -0.3 is 19.8 Å². The first kappa shape index (κ1) is 38.7. The average molecular weight is 450 g/mol. The van der Waals surface area contributed by atoms with Crippen molar-refractivity contribution in [3.8, 4) is 0 Å². The van der Waals surface area contributed by atoms with Gasteiger partial charge in [-0.25, -0.2) is 8.42 Å². The fourth-order valence-electron chi connectivity index (χ4n) is 1.88. The quantitative estimate of drug-likeness (QED) is 0.0872. The molecular weight excluding hydrogens is 420 g/mol. The molecule has 1 amide bonds. The summed E-state index contributed by atoms with van der Waals surface area (Å²) < 4.78 is 34.5. The van der Waals surface area contributed by atoms with Crippen LogP contribution < -0.4 is 69.5 Å². The molecule has 12 heteroatoms. The zero-order valence-corrected chi connectivity index (χ0v) is 22.4. The molecule has 0 spiro atoms. The largest absolute Gasteiger partial charge is 1.00 e. The topological polar surface area (TPSA) is 136 Å². The van der Waals surface area contributed by atoms with Gasteiger partial charge in [0.15, 0.2) is 0 Å². The van der Waals surface area contributed by atoms with Crippen molar-refractivity contribution in [3.63, 3.8) is 0 Å². The summed E-state index contributed by atoms with van der Waals surface area (Å²) in [6.07, 6.45) is 12.0. The molecule has 0 heterocycles. The Morgan fingerprint density at radius 1 is 0.963 bits per heavy atom. The van der Waals surface area contributed by atoms with Crippen molar-refractivity contribution in [3.05, 3.63) is 0 Å². The van der Waals surface area contributed by atoms with Crippen LogP contribution in [0.15, 0.2) is 0 Å². The van der Waals surface area contributed by atoms with Gasteiger partial charge in [-0.1, -0.05) is 64.7 Å². The van der Waals surface area contributed by atoms with Gasteiger partial charge in [-0.15, -0.1) is 12.4 Å². The van der Waals surface area contributed by atoms with Crippen molar-refractivity contribution < 1.29 is 91.0 Å². The molecule has 0 aliphatic heterocycles. The summed E-state index contributed by atoms with van der Waals surface area (Å²) in [7, 11) is -4.48. The molecular formula is C15H30ClNNa2O7S. The van der Waals surface area contributed by atoms with E-state index < -0.39 is 22.9 Å². The number of unbranched alkanes of at least 4 members (excludes halogenated alkanes) is 9. The third-order valence-corrected chi connectivity index (χ3v) is 3.51. The molecule has 0 aromatic rings. The van der Waals surface area contributed by atoms with E-state index in [0.717, 1.165) is 12.8 Å². The van der Waals surface area contributed by atoms with Crippen LogP contribution in [0.5, 0.6) is 0 Å². The maximum Gasteiger partial charge on any atom is 1.00 e. The van der Waals surface area contributed by atoms with Crippen LogP contribution in [0.3, 0.4) is 0 Å². The second-order valence-electron chi connectivity index (χ2n) is 5.28. The Kier molecular flexibility index (Phi) is 42.0. The van der Waals surface area contributed by atoms with E-state index in [1.165, 1.54) is 44.9 Å². The number of halogens is 1. The van der Waals surface area contributed by atoms with E-state index >= 15 is 0 Å². The van der Waals surface area contributed by atoms with Gasteiger partial charge >= 0.3 is 59.1 Å². The summed E-state index contributed by atoms with van der Waals surface area (Å²) >= 11 is 0. The van der Waals surface area contributed by atoms with E-state index in [-0.39, 0.29) is 78.1 Å². The fourth-order valence-corrected chi connectivity index (χ4v) is 2.20. The van der Waals surface area contributed by atoms with E-state index in [4.69, 9.17) is 0 Å². The maximum absolute atomic E-state index is 10.1. The molecule has 0 aliphatic rings. The Morgan fingerprint density at radius 2 is 1.37 bits per heavy atom. The smallest absolute Gasteiger partial charge is 0.726 e. The van der Waals surface area contributed by atoms with Crippen molar-refractivity contribution in [1.82, 2.24) is 5.32 Å². The zero-order chi connectivity index (χ0) is 18.7. The van der Waals surface area contributed by atoms with Crippen molar-refractivity contribution in [2.24, 2.45) is 0 Å². The van der Waals surface area contributed by atoms with Crippen LogP contribution in [0, 0.1) is 0 Å². The Balaban J connectivity index is -0.000000139. The van der Waals surface area contributed by atoms with Crippen LogP contribution in [0.4, 0.5) is 0 Å². The molecule has 0 fully saturated rings. The fraction of sp³-hybridized carbons (Fsp3) is 0.867. The average Bonchev–Trinajstić information content (AvgIpc) is 2.50. The van der Waals surface area contributed by atoms with Gasteiger partial charge in [-0.3, -0.25) is 8.98 Å². The number of carboxylic acid groups (broad SMARTS) is 1. The number of rotatable bonds is 15. The second-order valence-corrected chi connectivity index (χ2v) is 6.34. The maximum atomic E-state index is 10.1. The number of hydrogen-bond donors (Lipinski definition) is 1. The number of carbonyl (C=O) groups is 2. The predicted molar refractivity (Wildman–Crippen MR) is 93.8 cm³/mol. The number of amides is 1. The second kappa shape index (κ2) is 29.3. The SMILES string of the molecule is CCCCCCCCCCCCOS(=O)(=O)[O-].Cl.O=CNCC(=O)[O-].[Na+].[Na+]. The number of carboxylic acids is 1. The summed E-state index contributed by atoms with van der Waals surface area (Å²) in [4.78, 5) is 18.7. The van der Waals surface area contributed by atoms with Crippen molar-refractivity contribution in [2.45, 2.75) is 71.1 Å². The molecule has 0 aromatic carbocycles. The number of hydrogen-bond acceptors (Lipinski definition) is 7. The van der Waals surface area contributed by atoms with Crippen LogP contribution >= 0.6 is 12.4 Å². The Labute approximate surface area is 213 Å². The zero-order valence-electron chi connectivity index (χ0n) is 16.7. The molecule has 0 saturated carbocycles. The van der Waals surface area contributed by atoms with Crippen LogP contribution in [-0.4, -0.2) is 38.5 Å². The molecule has 0 aromatic heterocycles. The molecule has 0 rings (SSSR count). The number of aliphatic carboxylic acids is 1. The monoisotopic (exact) mass is 449 g/mol. The molecule has 0 saturated heterocycles. The predicted octanol–water partition coefficient (Wildman–Crippen LogP) is -4.70. The van der Waals surface area contributed by atoms with Crippen LogP contribution in [-0.2, 0) is 24.2 Å². The first-order chi connectivity index (χ1) is 11.3. The summed E-state index contributed by atoms with van der Waals surface area (Å²) in [6.45, 7) is 1.83. The number of carbonyl (C=O) groups excluding carboxylic acids is 2. The molecule has 152 valence electrons. The summed E-state index contributed by atoms with van der Waals surface area (Å²) in [5.74, 6) is -1.29. The molecule has 0 aliphatic carbocycles. The minimum atomic E-state index is -4.48. The van der Waals surface area contributed by atoms with Crippen LogP contribution in [0.2, 0.25) is 0 Å². The van der Waals surface area contributed by atoms with Gasteiger partial charge in [-0.2, -0.15) is 0 Å². The van der Waals surface area contributed by atoms with Gasteiger partial charge in [0.2, 0.25) is 16.8 Å². The van der Waals surface area contributed by atoms with Gasteiger partial charge in [0.05, 0.1) is 19.1 Å². The summed E-state index contributed by atoms with van der Waals surface area (Å²) in [5, 5.41) is 11.3. The molecule has 1 N–H and O–H groups in total. The van der Waals surface area contributed by atoms with E-state index in [1.54, 1.807) is 0 Å². The minimum Gasteiger partial charge on any atom is -0.726 e. The summed E-state index contributed by atoms with van der Waals surface area (Å²) in [6, 6.07) is 0. The van der Waals surface area contributed by atoms with Crippen molar-refractivity contribution in [2.75, 3.05) is 13.2 Å². The molecule has 27 heavy (non-hydrogen) atoms. The third kappa shape index (κ3) is 46.8. The van der Waals surface area contributed by atoms with Crippen molar-refractivity contribution >= 4 is 35.2 Å². The molecule has 0 radical (unpaired) electrons. The van der Waals surface area contributed by atoms with Crippen molar-refractivity contribution in [1.29, 1.82) is 0 Å². The van der Waals surface area contributed by atoms with Gasteiger partial charge in [0, 0.05) is 0 Å². The van der Waals surface area contributed by atoms with Gasteiger partial charge in [-0.05, 0) is 6.42 Å². The van der Waals surface area contributed by atoms with Gasteiger partial charge in [0.1, 0.15) is 0 Å². The van der Waals surface area contributed by atoms with E-state index in [1.807, 2.05) is 5.32 Å². The summed E-state index contributed by atoms with van der Waals surface area (Å²) in [5.41, 5.74) is 0. The molecule has 0 bridgehead atoms. The Morgan fingerprint density at radius 3 is 1.67 bits per heavy atom. The normalized spacial score (nSPS) is 9.41. The first-order valence-electron chi connectivity index (χ1n) is 8.30. The van der Waals surface area contributed by atoms with Crippen LogP contribution in [0.25, 0.3) is 0 Å². The Hall–Kier alpha value is 1.10. The molecule has 8 nitrogen and oxygen atoms in total. The first-order valence-corrected chi connectivity index (χ1v) is 9.64. The third-order valence-electron chi connectivity index (χ3n) is 3.06. The molecule has 0 unspecified atom stereocenters. The van der Waals surface area contributed by atoms with E-state index in [0.29, 0.717) is 12.8 Å². The minimum absolute atomic E-state index is 0. The Bertz CT molecular complexity index is 415. The van der Waals surface area contributed by atoms with Gasteiger partial charge in [0.25, 0.3) is 0 Å². The standard InChI is InChI=1S/C12H26O4S.C3H5NO3.ClH.2Na/c1-2-3-4-5-6-7-8-9-10-11-12-16-17(13,14)15;5-2-4-1-3(6)7;;;/h2-12H2,1H3,(H,13,14,15);2H,1H2,(H,4,5)(H,6,7);1H;;/q;;;2*+1/p-2. The number of nitrogens with one attached hydrogen (secondary N) is 1. The van der Waals surface area contributed by atoms with Crippen LogP contribution in [0.1, 0.15) is 71.1 Å². The van der Waals surface area contributed by atoms with E-state index in [9.17, 15) is 27.7 Å².